The highest BCUT2D eigenvalue weighted by molar-refractivity contribution is 5.95. The molecule has 0 aliphatic carbocycles. The predicted molar refractivity (Wildman–Crippen MR) is 144 cm³/mol. The molecule has 0 aromatic carbocycles. The summed E-state index contributed by atoms with van der Waals surface area (Å²) in [5.41, 5.74) is 3.28. The molecule has 45 heavy (non-hydrogen) atoms. The van der Waals surface area contributed by atoms with Gasteiger partial charge >= 0.3 is 30.7 Å². The summed E-state index contributed by atoms with van der Waals surface area (Å²) in [6.07, 6.45) is -14.8. The van der Waals surface area contributed by atoms with Gasteiger partial charge in [-0.2, -0.15) is 44.6 Å². The molecule has 1 aromatic heterocycles. The Balaban J connectivity index is 0. The van der Waals surface area contributed by atoms with Crippen molar-refractivity contribution in [3.05, 3.63) is 17.5 Å². The molecule has 5 N–H and O–H groups in total. The fourth-order valence-electron chi connectivity index (χ4n) is 3.43. The first-order valence-corrected chi connectivity index (χ1v) is 13.0. The summed E-state index contributed by atoms with van der Waals surface area (Å²) in [4.78, 5) is 34.5. The largest absolute Gasteiger partial charge is 0.440 e. The molecule has 1 aromatic rings. The second-order valence-corrected chi connectivity index (χ2v) is 10.3. The summed E-state index contributed by atoms with van der Waals surface area (Å²) in [7, 11) is 1.21. The quantitative estimate of drug-likeness (QED) is 0.226. The Morgan fingerprint density at radius 2 is 1.27 bits per heavy atom. The van der Waals surface area contributed by atoms with Crippen LogP contribution in [0.1, 0.15) is 56.6 Å². The summed E-state index contributed by atoms with van der Waals surface area (Å²) >= 11 is 0. The van der Waals surface area contributed by atoms with Crippen LogP contribution in [0, 0.1) is 11.8 Å². The number of hydrogen-bond donors (Lipinski definition) is 4. The Hall–Kier alpha value is -3.16. The minimum atomic E-state index is -4.84. The van der Waals surface area contributed by atoms with E-state index < -0.39 is 67.1 Å². The third kappa shape index (κ3) is 21.3. The third-order valence-electron chi connectivity index (χ3n) is 5.03. The van der Waals surface area contributed by atoms with E-state index in [1.54, 1.807) is 13.8 Å². The molecule has 0 bridgehead atoms. The van der Waals surface area contributed by atoms with Crippen LogP contribution in [0.3, 0.4) is 0 Å². The lowest BCUT2D eigenvalue weighted by atomic mass is 10.0. The van der Waals surface area contributed by atoms with Crippen molar-refractivity contribution in [1.82, 2.24) is 25.7 Å². The van der Waals surface area contributed by atoms with Crippen molar-refractivity contribution in [2.45, 2.75) is 71.1 Å². The zero-order valence-corrected chi connectivity index (χ0v) is 25.8. The molecule has 0 saturated heterocycles. The molecule has 1 heterocycles. The second-order valence-electron chi connectivity index (χ2n) is 10.3. The first-order chi connectivity index (χ1) is 19.9. The Morgan fingerprint density at radius 1 is 0.844 bits per heavy atom. The third-order valence-corrected chi connectivity index (χ3v) is 5.03. The van der Waals surface area contributed by atoms with E-state index in [9.17, 15) is 53.9 Å². The topological polar surface area (TPSA) is 150 Å². The lowest BCUT2D eigenvalue weighted by Crippen LogP contribution is -2.45. The SMILES string of the molecule is CC(C)C[C@@H](CN)NC(=O)OCC(F)(F)F.CC(C)C[C@@H](CNC(=O)c1cn(C)nc1C(F)(F)F)NC(=O)OCC(F)(F)F.Cl. The number of halogens is 10. The standard InChI is InChI=1S/C15H20F6N4O3.C9H17F3N2O2.ClH/c1-8(2)4-9(23-13(27)28-7-14(16,17)18)5-22-12(26)10-6-25(3)24-11(10)15(19,20)21;1-6(2)3-7(4-13)14-8(15)16-5-9(10,11)12;/h6,8-9H,4-5,7H2,1-3H3,(H,22,26)(H,23,27);6-7H,3-5,13H2,1-2H3,(H,14,15);1H/t9-;7-;/m00./s1. The number of rotatable bonds is 12. The normalized spacial score (nSPS) is 13.2. The van der Waals surface area contributed by atoms with Gasteiger partial charge in [-0.05, 0) is 24.7 Å². The van der Waals surface area contributed by atoms with Crippen LogP contribution in [0.4, 0.5) is 49.1 Å². The van der Waals surface area contributed by atoms with Gasteiger partial charge in [0.1, 0.15) is 0 Å². The van der Waals surface area contributed by atoms with Crippen LogP contribution in [0.15, 0.2) is 6.20 Å². The molecule has 0 aliphatic heterocycles. The highest BCUT2D eigenvalue weighted by atomic mass is 35.5. The van der Waals surface area contributed by atoms with Crippen LogP contribution in [-0.4, -0.2) is 78.6 Å². The molecule has 0 unspecified atom stereocenters. The van der Waals surface area contributed by atoms with E-state index in [2.05, 4.69) is 30.5 Å². The Bertz CT molecular complexity index is 1050. The van der Waals surface area contributed by atoms with Gasteiger partial charge < -0.3 is 31.2 Å². The van der Waals surface area contributed by atoms with Gasteiger partial charge in [-0.15, -0.1) is 12.4 Å². The number of alkyl halides is 9. The lowest BCUT2D eigenvalue weighted by molar-refractivity contribution is -0.160. The molecular weight excluding hydrogens is 659 g/mol. The second kappa shape index (κ2) is 19.4. The molecular formula is C24H38ClF9N6O5. The number of carbonyl (C=O) groups is 3. The first kappa shape index (κ1) is 44.0. The van der Waals surface area contributed by atoms with Gasteiger partial charge in [0.05, 0.1) is 5.56 Å². The van der Waals surface area contributed by atoms with Crippen molar-refractivity contribution < 1.29 is 63.4 Å². The van der Waals surface area contributed by atoms with Gasteiger partial charge in [0.15, 0.2) is 18.9 Å². The van der Waals surface area contributed by atoms with Gasteiger partial charge in [0.2, 0.25) is 0 Å². The van der Waals surface area contributed by atoms with Crippen LogP contribution in [0.2, 0.25) is 0 Å². The Labute approximate surface area is 259 Å². The Morgan fingerprint density at radius 3 is 1.64 bits per heavy atom. The number of alkyl carbamates (subject to hydrolysis) is 2. The van der Waals surface area contributed by atoms with Crippen LogP contribution < -0.4 is 21.7 Å². The monoisotopic (exact) mass is 696 g/mol. The number of hydrogen-bond acceptors (Lipinski definition) is 7. The molecule has 3 amide bonds. The van der Waals surface area contributed by atoms with Gasteiger partial charge in [-0.3, -0.25) is 9.48 Å². The highest BCUT2D eigenvalue weighted by Crippen LogP contribution is 2.30. The summed E-state index contributed by atoms with van der Waals surface area (Å²) in [5, 5.41) is 9.88. The number of aryl methyl sites for hydroxylation is 1. The van der Waals surface area contributed by atoms with E-state index in [0.717, 1.165) is 10.9 Å². The van der Waals surface area contributed by atoms with Gasteiger partial charge in [0, 0.05) is 38.4 Å². The highest BCUT2D eigenvalue weighted by Gasteiger charge is 2.39. The van der Waals surface area contributed by atoms with Crippen molar-refractivity contribution in [2.24, 2.45) is 24.6 Å². The number of nitrogens with one attached hydrogen (secondary N) is 3. The summed E-state index contributed by atoms with van der Waals surface area (Å²) in [5.74, 6) is -0.829. The zero-order valence-electron chi connectivity index (χ0n) is 25.0. The number of carbonyl (C=O) groups excluding carboxylic acids is 3. The van der Waals surface area contributed by atoms with Crippen LogP contribution in [0.5, 0.6) is 0 Å². The molecule has 0 aliphatic rings. The molecule has 21 heteroatoms. The smallest absolute Gasteiger partial charge is 0.435 e. The molecule has 264 valence electrons. The molecule has 0 spiro atoms. The van der Waals surface area contributed by atoms with E-state index in [1.165, 1.54) is 7.05 Å². The maximum atomic E-state index is 12.9. The molecule has 0 fully saturated rings. The molecule has 11 nitrogen and oxygen atoms in total. The number of ether oxygens (including phenoxy) is 2. The minimum Gasteiger partial charge on any atom is -0.440 e. The molecule has 1 rings (SSSR count). The maximum absolute atomic E-state index is 12.9. The average molecular weight is 697 g/mol. The van der Waals surface area contributed by atoms with Crippen molar-refractivity contribution >= 4 is 30.5 Å². The molecule has 2 atom stereocenters. The van der Waals surface area contributed by atoms with E-state index in [1.807, 2.05) is 13.8 Å². The summed E-state index contributed by atoms with van der Waals surface area (Å²) in [6, 6.07) is -1.21. The van der Waals surface area contributed by atoms with Crippen molar-refractivity contribution in [3.8, 4) is 0 Å². The minimum absolute atomic E-state index is 0. The zero-order chi connectivity index (χ0) is 34.5. The first-order valence-electron chi connectivity index (χ1n) is 13.0. The van der Waals surface area contributed by atoms with Gasteiger partial charge in [0.25, 0.3) is 5.91 Å². The summed E-state index contributed by atoms with van der Waals surface area (Å²) < 4.78 is 119. The Kier molecular flexibility index (Phi) is 18.9. The van der Waals surface area contributed by atoms with Crippen LogP contribution in [0.25, 0.3) is 0 Å². The van der Waals surface area contributed by atoms with E-state index in [4.69, 9.17) is 5.73 Å². The van der Waals surface area contributed by atoms with Gasteiger partial charge in [-0.25, -0.2) is 9.59 Å². The number of nitrogens with zero attached hydrogens (tertiary/aromatic N) is 2. The fraction of sp³-hybridized carbons (Fsp3) is 0.750. The molecule has 0 radical (unpaired) electrons. The predicted octanol–water partition coefficient (Wildman–Crippen LogP) is 4.94. The molecule has 0 saturated carbocycles. The maximum Gasteiger partial charge on any atom is 0.435 e. The van der Waals surface area contributed by atoms with Crippen LogP contribution >= 0.6 is 12.4 Å². The van der Waals surface area contributed by atoms with Crippen molar-refractivity contribution in [1.29, 1.82) is 0 Å². The van der Waals surface area contributed by atoms with Crippen LogP contribution in [-0.2, 0) is 22.7 Å². The van der Waals surface area contributed by atoms with Crippen molar-refractivity contribution in [2.75, 3.05) is 26.3 Å². The number of nitrogens with two attached hydrogens (primary N) is 1. The number of amides is 3. The fourth-order valence-corrected chi connectivity index (χ4v) is 3.43. The van der Waals surface area contributed by atoms with Gasteiger partial charge in [-0.1, -0.05) is 27.7 Å². The van der Waals surface area contributed by atoms with E-state index in [0.29, 0.717) is 6.42 Å². The lowest BCUT2D eigenvalue weighted by Gasteiger charge is -2.21. The summed E-state index contributed by atoms with van der Waals surface area (Å²) in [6.45, 7) is 3.82. The number of aromatic nitrogens is 2. The van der Waals surface area contributed by atoms with E-state index >= 15 is 0 Å². The van der Waals surface area contributed by atoms with E-state index in [-0.39, 0.29) is 49.8 Å². The average Bonchev–Trinajstić information content (AvgIpc) is 3.25. The van der Waals surface area contributed by atoms with Crippen molar-refractivity contribution in [3.63, 3.8) is 0 Å².